The molecule has 4 nitrogen and oxygen atoms in total. The van der Waals surface area contributed by atoms with Crippen molar-refractivity contribution in [1.82, 2.24) is 0 Å². The summed E-state index contributed by atoms with van der Waals surface area (Å²) in [6, 6.07) is 2.18. The number of nitrogens with one attached hydrogen (secondary N) is 1. The van der Waals surface area contributed by atoms with Gasteiger partial charge in [-0.15, -0.1) is 0 Å². The highest BCUT2D eigenvalue weighted by Crippen LogP contribution is 2.61. The molecule has 6 heteroatoms. The Morgan fingerprint density at radius 3 is 2.68 bits per heavy atom. The maximum atomic E-state index is 13.3. The lowest BCUT2D eigenvalue weighted by Gasteiger charge is -2.16. The Bertz CT molecular complexity index is 542. The first-order chi connectivity index (χ1) is 9.02. The van der Waals surface area contributed by atoms with E-state index in [9.17, 15) is 14.5 Å². The molecule has 1 N–H and O–H groups in total. The van der Waals surface area contributed by atoms with Gasteiger partial charge in [0.15, 0.2) is 0 Å². The zero-order valence-electron chi connectivity index (χ0n) is 10.3. The lowest BCUT2D eigenvalue weighted by molar-refractivity contribution is -0.384. The molecule has 0 radical (unpaired) electrons. The van der Waals surface area contributed by atoms with E-state index in [1.807, 2.05) is 0 Å². The topological polar surface area (TPSA) is 55.2 Å². The predicted octanol–water partition coefficient (Wildman–Crippen LogP) is 3.99. The Morgan fingerprint density at radius 2 is 2.16 bits per heavy atom. The summed E-state index contributed by atoms with van der Waals surface area (Å²) in [6.07, 6.45) is 4.86. The molecule has 3 rings (SSSR count). The number of benzene rings is 1. The Hall–Kier alpha value is -1.36. The van der Waals surface area contributed by atoms with E-state index in [-0.39, 0.29) is 10.7 Å². The maximum Gasteiger partial charge on any atom is 0.295 e. The molecule has 1 aromatic carbocycles. The summed E-state index contributed by atoms with van der Waals surface area (Å²) >= 11 is 5.69. The second kappa shape index (κ2) is 4.34. The minimum Gasteiger partial charge on any atom is -0.379 e. The smallest absolute Gasteiger partial charge is 0.295 e. The van der Waals surface area contributed by atoms with Crippen LogP contribution in [0.2, 0.25) is 5.02 Å². The van der Waals surface area contributed by atoms with Gasteiger partial charge in [0.1, 0.15) is 11.5 Å². The maximum absolute atomic E-state index is 13.3. The average molecular weight is 285 g/mol. The monoisotopic (exact) mass is 284 g/mol. The van der Waals surface area contributed by atoms with Crippen LogP contribution in [0.15, 0.2) is 12.1 Å². The SMILES string of the molecule is O=[N+]([O-])c1cc(F)c(Cl)cc1NCC1(C2CC2)CC1. The van der Waals surface area contributed by atoms with Gasteiger partial charge in [-0.25, -0.2) is 4.39 Å². The lowest BCUT2D eigenvalue weighted by atomic mass is 10.0. The molecule has 0 saturated heterocycles. The summed E-state index contributed by atoms with van der Waals surface area (Å²) in [5, 5.41) is 13.9. The summed E-state index contributed by atoms with van der Waals surface area (Å²) in [5.41, 5.74) is 0.367. The minimum atomic E-state index is -0.762. The van der Waals surface area contributed by atoms with Crippen molar-refractivity contribution in [3.63, 3.8) is 0 Å². The van der Waals surface area contributed by atoms with Gasteiger partial charge in [-0.05, 0) is 43.1 Å². The molecule has 0 atom stereocenters. The Balaban J connectivity index is 1.79. The van der Waals surface area contributed by atoms with Gasteiger partial charge in [-0.2, -0.15) is 0 Å². The first-order valence-electron chi connectivity index (χ1n) is 6.39. The number of rotatable bonds is 5. The Morgan fingerprint density at radius 1 is 1.47 bits per heavy atom. The van der Waals surface area contributed by atoms with E-state index in [0.29, 0.717) is 17.6 Å². The number of halogens is 2. The van der Waals surface area contributed by atoms with Crippen LogP contribution < -0.4 is 5.32 Å². The van der Waals surface area contributed by atoms with E-state index in [2.05, 4.69) is 5.32 Å². The van der Waals surface area contributed by atoms with E-state index in [1.165, 1.54) is 31.7 Å². The largest absolute Gasteiger partial charge is 0.379 e. The Labute approximate surface area is 115 Å². The zero-order chi connectivity index (χ0) is 13.6. The molecule has 102 valence electrons. The van der Waals surface area contributed by atoms with Crippen molar-refractivity contribution in [3.8, 4) is 0 Å². The number of nitrogens with zero attached hydrogens (tertiary/aromatic N) is 1. The molecular formula is C13H14ClFN2O2. The van der Waals surface area contributed by atoms with Crippen molar-refractivity contribution < 1.29 is 9.31 Å². The fourth-order valence-corrected chi connectivity index (χ4v) is 2.85. The van der Waals surface area contributed by atoms with Crippen LogP contribution in [0.25, 0.3) is 0 Å². The van der Waals surface area contributed by atoms with Crippen molar-refractivity contribution in [2.75, 3.05) is 11.9 Å². The van der Waals surface area contributed by atoms with E-state index in [1.54, 1.807) is 0 Å². The Kier molecular flexibility index (Phi) is 2.89. The third-order valence-electron chi connectivity index (χ3n) is 4.20. The quantitative estimate of drug-likeness (QED) is 0.657. The molecule has 0 bridgehead atoms. The van der Waals surface area contributed by atoms with Gasteiger partial charge in [0, 0.05) is 6.54 Å². The molecule has 0 unspecified atom stereocenters. The highest BCUT2D eigenvalue weighted by Gasteiger charge is 2.53. The van der Waals surface area contributed by atoms with Crippen molar-refractivity contribution in [2.24, 2.45) is 11.3 Å². The second-order valence-electron chi connectivity index (χ2n) is 5.53. The summed E-state index contributed by atoms with van der Waals surface area (Å²) < 4.78 is 13.3. The number of hydrogen-bond acceptors (Lipinski definition) is 3. The molecule has 0 heterocycles. The zero-order valence-corrected chi connectivity index (χ0v) is 11.0. The molecular weight excluding hydrogens is 271 g/mol. The molecule has 1 aromatic rings. The highest BCUT2D eigenvalue weighted by atomic mass is 35.5. The van der Waals surface area contributed by atoms with E-state index in [4.69, 9.17) is 11.6 Å². The van der Waals surface area contributed by atoms with E-state index in [0.717, 1.165) is 12.0 Å². The van der Waals surface area contributed by atoms with Gasteiger partial charge in [-0.1, -0.05) is 11.6 Å². The minimum absolute atomic E-state index is 0.0932. The predicted molar refractivity (Wildman–Crippen MR) is 70.9 cm³/mol. The third kappa shape index (κ3) is 2.39. The second-order valence-corrected chi connectivity index (χ2v) is 5.94. The normalized spacial score (nSPS) is 20.1. The third-order valence-corrected chi connectivity index (χ3v) is 4.49. The standard InChI is InChI=1S/C13H14ClFN2O2/c14-9-5-11(12(17(18)19)6-10(9)15)16-7-13(3-4-13)8-1-2-8/h5-6,8,16H,1-4,7H2. The molecule has 2 aliphatic rings. The highest BCUT2D eigenvalue weighted by molar-refractivity contribution is 6.31. The van der Waals surface area contributed by atoms with E-state index < -0.39 is 10.7 Å². The van der Waals surface area contributed by atoms with Crippen molar-refractivity contribution >= 4 is 23.0 Å². The van der Waals surface area contributed by atoms with Gasteiger partial charge < -0.3 is 5.32 Å². The van der Waals surface area contributed by atoms with Gasteiger partial charge in [0.2, 0.25) is 0 Å². The van der Waals surface area contributed by atoms with Gasteiger partial charge in [-0.3, -0.25) is 10.1 Å². The van der Waals surface area contributed by atoms with Gasteiger partial charge >= 0.3 is 0 Å². The molecule has 2 saturated carbocycles. The van der Waals surface area contributed by atoms with Crippen LogP contribution in [-0.4, -0.2) is 11.5 Å². The molecule has 2 fully saturated rings. The van der Waals surface area contributed by atoms with Crippen molar-refractivity contribution in [2.45, 2.75) is 25.7 Å². The summed E-state index contributed by atoms with van der Waals surface area (Å²) in [4.78, 5) is 10.3. The molecule has 0 amide bonds. The fraction of sp³-hybridized carbons (Fsp3) is 0.538. The summed E-state index contributed by atoms with van der Waals surface area (Å²) in [7, 11) is 0. The molecule has 0 aromatic heterocycles. The summed E-state index contributed by atoms with van der Waals surface area (Å²) in [6.45, 7) is 0.709. The van der Waals surface area contributed by atoms with Crippen molar-refractivity contribution in [3.05, 3.63) is 33.1 Å². The number of nitro groups is 1. The summed E-state index contributed by atoms with van der Waals surface area (Å²) in [5.74, 6) is -0.00257. The van der Waals surface area contributed by atoms with Crippen LogP contribution in [0.1, 0.15) is 25.7 Å². The first-order valence-corrected chi connectivity index (χ1v) is 6.77. The van der Waals surface area contributed by atoms with Crippen molar-refractivity contribution in [1.29, 1.82) is 0 Å². The number of hydrogen-bond donors (Lipinski definition) is 1. The fourth-order valence-electron chi connectivity index (χ4n) is 2.69. The lowest BCUT2D eigenvalue weighted by Crippen LogP contribution is -2.18. The van der Waals surface area contributed by atoms with E-state index >= 15 is 0 Å². The van der Waals surface area contributed by atoms with Crippen LogP contribution in [0.5, 0.6) is 0 Å². The first kappa shape index (κ1) is 12.7. The molecule has 2 aliphatic carbocycles. The van der Waals surface area contributed by atoms with Gasteiger partial charge in [0.05, 0.1) is 16.0 Å². The average Bonchev–Trinajstić information content (AvgIpc) is 3.23. The van der Waals surface area contributed by atoms with Crippen LogP contribution in [0.3, 0.4) is 0 Å². The molecule has 0 spiro atoms. The number of anilines is 1. The molecule has 19 heavy (non-hydrogen) atoms. The van der Waals surface area contributed by atoms with Crippen LogP contribution in [0.4, 0.5) is 15.8 Å². The van der Waals surface area contributed by atoms with Crippen LogP contribution in [-0.2, 0) is 0 Å². The van der Waals surface area contributed by atoms with Gasteiger partial charge in [0.25, 0.3) is 5.69 Å². The van der Waals surface area contributed by atoms with Crippen LogP contribution >= 0.6 is 11.6 Å². The van der Waals surface area contributed by atoms with Crippen LogP contribution in [0, 0.1) is 27.3 Å². The molecule has 0 aliphatic heterocycles. The number of nitro benzene ring substituents is 1.